The predicted molar refractivity (Wildman–Crippen MR) is 121 cm³/mol. The van der Waals surface area contributed by atoms with Gasteiger partial charge in [-0.1, -0.05) is 41.9 Å². The van der Waals surface area contributed by atoms with Crippen LogP contribution in [0, 0.1) is 0 Å². The number of nitrogens with one attached hydrogen (secondary N) is 2. The molecule has 0 spiro atoms. The minimum Gasteiger partial charge on any atom is -0.497 e. The Morgan fingerprint density at radius 2 is 1.55 bits per heavy atom. The van der Waals surface area contributed by atoms with Gasteiger partial charge in [0.15, 0.2) is 0 Å². The van der Waals surface area contributed by atoms with Crippen LogP contribution in [0.3, 0.4) is 0 Å². The van der Waals surface area contributed by atoms with E-state index in [9.17, 15) is 9.59 Å². The largest absolute Gasteiger partial charge is 0.497 e. The zero-order valence-corrected chi connectivity index (χ0v) is 17.6. The molecule has 4 rings (SSSR count). The lowest BCUT2D eigenvalue weighted by Crippen LogP contribution is -2.15. The topological polar surface area (TPSA) is 80.4 Å². The number of aromatic nitrogens is 1. The molecule has 0 aliphatic carbocycles. The molecule has 1 aromatic heterocycles. The molecule has 0 aliphatic rings. The van der Waals surface area contributed by atoms with E-state index in [0.29, 0.717) is 44.2 Å². The quantitative estimate of drug-likeness (QED) is 0.402. The average Bonchev–Trinajstić information content (AvgIpc) is 3.15. The summed E-state index contributed by atoms with van der Waals surface area (Å²) in [6.45, 7) is 0. The van der Waals surface area contributed by atoms with Gasteiger partial charge in [-0.15, -0.1) is 0 Å². The highest BCUT2D eigenvalue weighted by Crippen LogP contribution is 2.32. The van der Waals surface area contributed by atoms with E-state index in [2.05, 4.69) is 10.3 Å². The fourth-order valence-corrected chi connectivity index (χ4v) is 3.50. The summed E-state index contributed by atoms with van der Waals surface area (Å²) in [4.78, 5) is 29.4. The van der Waals surface area contributed by atoms with Crippen LogP contribution in [0.5, 0.6) is 11.5 Å². The fourth-order valence-electron chi connectivity index (χ4n) is 3.33. The third kappa shape index (κ3) is 4.11. The van der Waals surface area contributed by atoms with Crippen molar-refractivity contribution in [3.8, 4) is 11.5 Å². The van der Waals surface area contributed by atoms with Gasteiger partial charge in [0, 0.05) is 33.1 Å². The molecule has 3 aromatic carbocycles. The predicted octanol–water partition coefficient (Wildman–Crippen LogP) is 5.32. The number of carbonyl (C=O) groups excluding carboxylic acids is 2. The van der Waals surface area contributed by atoms with Gasteiger partial charge >= 0.3 is 0 Å². The van der Waals surface area contributed by atoms with Crippen molar-refractivity contribution in [1.29, 1.82) is 0 Å². The van der Waals surface area contributed by atoms with E-state index in [1.165, 1.54) is 14.2 Å². The summed E-state index contributed by atoms with van der Waals surface area (Å²) in [5.41, 5.74) is 2.13. The van der Waals surface area contributed by atoms with Crippen molar-refractivity contribution < 1.29 is 19.1 Å². The van der Waals surface area contributed by atoms with Crippen LogP contribution in [0.4, 0.5) is 5.69 Å². The second-order valence-corrected chi connectivity index (χ2v) is 7.25. The smallest absolute Gasteiger partial charge is 0.256 e. The second kappa shape index (κ2) is 8.53. The SMILES string of the molecule is COc1cc(OC)cc(C(=O)Nc2c(C(=O)c3ccccc3)[nH]c3cc(Cl)ccc23)c1. The monoisotopic (exact) mass is 434 g/mol. The van der Waals surface area contributed by atoms with Crippen LogP contribution < -0.4 is 14.8 Å². The number of amides is 1. The van der Waals surface area contributed by atoms with E-state index >= 15 is 0 Å². The normalized spacial score (nSPS) is 10.7. The number of methoxy groups -OCH3 is 2. The Morgan fingerprint density at radius 3 is 2.19 bits per heavy atom. The zero-order chi connectivity index (χ0) is 22.0. The van der Waals surface area contributed by atoms with Gasteiger partial charge in [-0.05, 0) is 30.3 Å². The average molecular weight is 435 g/mol. The first-order valence-corrected chi connectivity index (χ1v) is 9.83. The van der Waals surface area contributed by atoms with Gasteiger partial charge in [-0.2, -0.15) is 0 Å². The van der Waals surface area contributed by atoms with E-state index in [1.807, 2.05) is 6.07 Å². The molecule has 4 aromatic rings. The Bertz CT molecular complexity index is 1260. The number of anilines is 1. The number of hydrogen-bond donors (Lipinski definition) is 2. The maximum atomic E-state index is 13.2. The summed E-state index contributed by atoms with van der Waals surface area (Å²) >= 11 is 6.13. The molecule has 2 N–H and O–H groups in total. The van der Waals surface area contributed by atoms with Crippen molar-refractivity contribution >= 4 is 39.9 Å². The first-order valence-electron chi connectivity index (χ1n) is 9.45. The van der Waals surface area contributed by atoms with Crippen molar-refractivity contribution in [2.24, 2.45) is 0 Å². The Hall–Kier alpha value is -3.77. The lowest BCUT2D eigenvalue weighted by Gasteiger charge is -2.10. The number of hydrogen-bond acceptors (Lipinski definition) is 4. The van der Waals surface area contributed by atoms with E-state index in [-0.39, 0.29) is 11.5 Å². The Kier molecular flexibility index (Phi) is 5.64. The van der Waals surface area contributed by atoms with Crippen LogP contribution in [0.1, 0.15) is 26.4 Å². The third-order valence-electron chi connectivity index (χ3n) is 4.88. The number of rotatable bonds is 6. The number of benzene rings is 3. The van der Waals surface area contributed by atoms with Crippen LogP contribution in [-0.4, -0.2) is 30.9 Å². The molecule has 1 heterocycles. The summed E-state index contributed by atoms with van der Waals surface area (Å²) in [6, 6.07) is 18.9. The molecular formula is C24H19ClN2O4. The minimum atomic E-state index is -0.407. The van der Waals surface area contributed by atoms with E-state index in [4.69, 9.17) is 21.1 Å². The summed E-state index contributed by atoms with van der Waals surface area (Å²) in [7, 11) is 3.02. The maximum absolute atomic E-state index is 13.2. The number of ether oxygens (including phenoxy) is 2. The molecule has 0 unspecified atom stereocenters. The molecule has 0 saturated heterocycles. The number of carbonyl (C=O) groups is 2. The van der Waals surface area contributed by atoms with Crippen molar-refractivity contribution in [2.45, 2.75) is 0 Å². The summed E-state index contributed by atoms with van der Waals surface area (Å²) in [6.07, 6.45) is 0. The highest BCUT2D eigenvalue weighted by molar-refractivity contribution is 6.31. The Labute approximate surface area is 183 Å². The van der Waals surface area contributed by atoms with E-state index in [1.54, 1.807) is 60.7 Å². The highest BCUT2D eigenvalue weighted by atomic mass is 35.5. The lowest BCUT2D eigenvalue weighted by molar-refractivity contribution is 0.102. The van der Waals surface area contributed by atoms with Crippen molar-refractivity contribution in [3.63, 3.8) is 0 Å². The van der Waals surface area contributed by atoms with Crippen molar-refractivity contribution in [1.82, 2.24) is 4.98 Å². The molecular weight excluding hydrogens is 416 g/mol. The van der Waals surface area contributed by atoms with Crippen molar-refractivity contribution in [3.05, 3.63) is 88.6 Å². The number of aromatic amines is 1. The van der Waals surface area contributed by atoms with Crippen LogP contribution in [0.15, 0.2) is 66.7 Å². The first kappa shape index (κ1) is 20.5. The van der Waals surface area contributed by atoms with Gasteiger partial charge in [0.1, 0.15) is 17.2 Å². The molecule has 1 amide bonds. The van der Waals surface area contributed by atoms with Gasteiger partial charge < -0.3 is 19.8 Å². The van der Waals surface area contributed by atoms with Gasteiger partial charge in [0.05, 0.1) is 19.9 Å². The molecule has 31 heavy (non-hydrogen) atoms. The molecule has 0 radical (unpaired) electrons. The number of fused-ring (bicyclic) bond motifs is 1. The van der Waals surface area contributed by atoms with Crippen LogP contribution >= 0.6 is 11.6 Å². The van der Waals surface area contributed by atoms with Gasteiger partial charge in [-0.25, -0.2) is 0 Å². The lowest BCUT2D eigenvalue weighted by atomic mass is 10.1. The minimum absolute atomic E-state index is 0.244. The molecule has 6 nitrogen and oxygen atoms in total. The molecule has 0 saturated carbocycles. The summed E-state index contributed by atoms with van der Waals surface area (Å²) in [5, 5.41) is 4.07. The van der Waals surface area contributed by atoms with Gasteiger partial charge in [-0.3, -0.25) is 9.59 Å². The third-order valence-corrected chi connectivity index (χ3v) is 5.11. The van der Waals surface area contributed by atoms with Crippen LogP contribution in [-0.2, 0) is 0 Å². The fraction of sp³-hybridized carbons (Fsp3) is 0.0833. The number of ketones is 1. The van der Waals surface area contributed by atoms with Gasteiger partial charge in [0.2, 0.25) is 5.78 Å². The molecule has 0 bridgehead atoms. The molecule has 0 atom stereocenters. The molecule has 156 valence electrons. The first-order chi connectivity index (χ1) is 15.0. The van der Waals surface area contributed by atoms with Gasteiger partial charge in [0.25, 0.3) is 5.91 Å². The zero-order valence-electron chi connectivity index (χ0n) is 16.9. The van der Waals surface area contributed by atoms with Crippen LogP contribution in [0.2, 0.25) is 5.02 Å². The molecule has 0 aliphatic heterocycles. The van der Waals surface area contributed by atoms with E-state index < -0.39 is 5.91 Å². The summed E-state index contributed by atoms with van der Waals surface area (Å²) < 4.78 is 10.5. The van der Waals surface area contributed by atoms with Crippen molar-refractivity contribution in [2.75, 3.05) is 19.5 Å². The highest BCUT2D eigenvalue weighted by Gasteiger charge is 2.22. The summed E-state index contributed by atoms with van der Waals surface area (Å²) in [5.74, 6) is 0.313. The van der Waals surface area contributed by atoms with E-state index in [0.717, 1.165) is 0 Å². The van der Waals surface area contributed by atoms with Crippen LogP contribution in [0.25, 0.3) is 10.9 Å². The number of halogens is 1. The Morgan fingerprint density at radius 1 is 0.871 bits per heavy atom. The maximum Gasteiger partial charge on any atom is 0.256 e. The second-order valence-electron chi connectivity index (χ2n) is 6.82. The number of H-pyrrole nitrogens is 1. The standard InChI is InChI=1S/C24H19ClN2O4/c1-30-17-10-15(11-18(13-17)31-2)24(29)27-21-19-9-8-16(25)12-20(19)26-22(21)23(28)14-6-4-3-5-7-14/h3-13,26H,1-2H3,(H,27,29). The Balaban J connectivity index is 1.79. The molecule has 7 heteroatoms. The molecule has 0 fully saturated rings.